The fourth-order valence-electron chi connectivity index (χ4n) is 1.50. The lowest BCUT2D eigenvalue weighted by atomic mass is 10.2. The highest BCUT2D eigenvalue weighted by Gasteiger charge is 2.19. The molecule has 0 amide bonds. The van der Waals surface area contributed by atoms with Gasteiger partial charge in [0.25, 0.3) is 0 Å². The zero-order valence-corrected chi connectivity index (χ0v) is 8.96. The molecule has 0 spiro atoms. The Bertz CT molecular complexity index is 303. The van der Waals surface area contributed by atoms with Crippen LogP contribution in [-0.4, -0.2) is 40.9 Å². The molecule has 1 fully saturated rings. The van der Waals surface area contributed by atoms with E-state index in [2.05, 4.69) is 22.0 Å². The Morgan fingerprint density at radius 1 is 1.64 bits per heavy atom. The third kappa shape index (κ3) is 2.20. The second kappa shape index (κ2) is 4.20. The van der Waals surface area contributed by atoms with Crippen molar-refractivity contribution in [3.63, 3.8) is 0 Å². The quantitative estimate of drug-likeness (QED) is 0.769. The van der Waals surface area contributed by atoms with Crippen LogP contribution in [0.2, 0.25) is 0 Å². The standard InChI is InChI=1S/C8H14N4OS/c1-6-5-13-3-2-12(6)4-7-10-11-8(9)14-7/h6H,2-5H2,1H3,(H2,9,11). The highest BCUT2D eigenvalue weighted by Crippen LogP contribution is 2.16. The lowest BCUT2D eigenvalue weighted by Gasteiger charge is -2.32. The number of morpholine rings is 1. The SMILES string of the molecule is CC1COCCN1Cc1nnc(N)s1. The van der Waals surface area contributed by atoms with E-state index in [9.17, 15) is 0 Å². The van der Waals surface area contributed by atoms with E-state index in [1.54, 1.807) is 0 Å². The van der Waals surface area contributed by atoms with Crippen LogP contribution in [-0.2, 0) is 11.3 Å². The highest BCUT2D eigenvalue weighted by molar-refractivity contribution is 7.15. The van der Waals surface area contributed by atoms with Crippen molar-refractivity contribution in [3.8, 4) is 0 Å². The summed E-state index contributed by atoms with van der Waals surface area (Å²) in [6.07, 6.45) is 0. The van der Waals surface area contributed by atoms with Gasteiger partial charge in [0.1, 0.15) is 5.01 Å². The van der Waals surface area contributed by atoms with Crippen molar-refractivity contribution < 1.29 is 4.74 Å². The van der Waals surface area contributed by atoms with E-state index in [-0.39, 0.29) is 0 Å². The zero-order valence-electron chi connectivity index (χ0n) is 8.14. The first-order chi connectivity index (χ1) is 6.75. The smallest absolute Gasteiger partial charge is 0.203 e. The van der Waals surface area contributed by atoms with E-state index in [4.69, 9.17) is 10.5 Å². The Morgan fingerprint density at radius 2 is 2.50 bits per heavy atom. The minimum atomic E-state index is 0.453. The van der Waals surface area contributed by atoms with Crippen LogP contribution < -0.4 is 5.73 Å². The number of ether oxygens (including phenoxy) is 1. The van der Waals surface area contributed by atoms with Crippen molar-refractivity contribution >= 4 is 16.5 Å². The van der Waals surface area contributed by atoms with Gasteiger partial charge in [0.15, 0.2) is 0 Å². The molecule has 14 heavy (non-hydrogen) atoms. The number of hydrogen-bond acceptors (Lipinski definition) is 6. The van der Waals surface area contributed by atoms with Crippen LogP contribution in [0, 0.1) is 0 Å². The molecule has 6 heteroatoms. The van der Waals surface area contributed by atoms with Gasteiger partial charge in [-0.05, 0) is 6.92 Å². The molecule has 1 aliphatic heterocycles. The summed E-state index contributed by atoms with van der Waals surface area (Å²) >= 11 is 1.46. The maximum absolute atomic E-state index is 5.52. The molecule has 1 aromatic heterocycles. The van der Waals surface area contributed by atoms with Crippen LogP contribution in [0.1, 0.15) is 11.9 Å². The molecule has 2 heterocycles. The van der Waals surface area contributed by atoms with Crippen LogP contribution in [0.15, 0.2) is 0 Å². The number of rotatable bonds is 2. The normalized spacial score (nSPS) is 23.9. The number of hydrogen-bond donors (Lipinski definition) is 1. The predicted molar refractivity (Wildman–Crippen MR) is 55.0 cm³/mol. The molecule has 0 bridgehead atoms. The van der Waals surface area contributed by atoms with E-state index >= 15 is 0 Å². The third-order valence-corrected chi connectivity index (χ3v) is 3.06. The Kier molecular flexibility index (Phi) is 2.95. The van der Waals surface area contributed by atoms with E-state index in [1.807, 2.05) is 0 Å². The fourth-order valence-corrected chi connectivity index (χ4v) is 2.14. The number of aromatic nitrogens is 2. The Balaban J connectivity index is 1.95. The minimum absolute atomic E-state index is 0.453. The van der Waals surface area contributed by atoms with Crippen LogP contribution in [0.4, 0.5) is 5.13 Å². The molecule has 0 aromatic carbocycles. The second-order valence-corrected chi connectivity index (χ2v) is 4.52. The Morgan fingerprint density at radius 3 is 3.14 bits per heavy atom. The molecule has 1 saturated heterocycles. The monoisotopic (exact) mass is 214 g/mol. The van der Waals surface area contributed by atoms with Crippen molar-refractivity contribution in [1.29, 1.82) is 0 Å². The lowest BCUT2D eigenvalue weighted by molar-refractivity contribution is -0.00446. The number of anilines is 1. The number of nitrogens with zero attached hydrogens (tertiary/aromatic N) is 3. The average molecular weight is 214 g/mol. The van der Waals surface area contributed by atoms with Gasteiger partial charge in [-0.1, -0.05) is 11.3 Å². The molecule has 1 atom stereocenters. The summed E-state index contributed by atoms with van der Waals surface area (Å²) in [5.41, 5.74) is 5.52. The average Bonchev–Trinajstić information content (AvgIpc) is 2.56. The van der Waals surface area contributed by atoms with Crippen molar-refractivity contribution in [2.45, 2.75) is 19.5 Å². The second-order valence-electron chi connectivity index (χ2n) is 3.43. The Labute approximate surface area is 86.9 Å². The predicted octanol–water partition coefficient (Wildman–Crippen LogP) is 0.341. The molecule has 1 aliphatic rings. The highest BCUT2D eigenvalue weighted by atomic mass is 32.1. The van der Waals surface area contributed by atoms with Gasteiger partial charge in [-0.25, -0.2) is 0 Å². The van der Waals surface area contributed by atoms with E-state index in [0.717, 1.165) is 31.3 Å². The van der Waals surface area contributed by atoms with Gasteiger partial charge < -0.3 is 10.5 Å². The van der Waals surface area contributed by atoms with Gasteiger partial charge in [-0.2, -0.15) is 0 Å². The first-order valence-corrected chi connectivity index (χ1v) is 5.47. The summed E-state index contributed by atoms with van der Waals surface area (Å²) in [6.45, 7) is 5.55. The zero-order chi connectivity index (χ0) is 9.97. The molecule has 2 N–H and O–H groups in total. The van der Waals surface area contributed by atoms with Gasteiger partial charge >= 0.3 is 0 Å². The minimum Gasteiger partial charge on any atom is -0.379 e. The van der Waals surface area contributed by atoms with E-state index in [0.29, 0.717) is 11.2 Å². The molecular formula is C8H14N4OS. The maximum Gasteiger partial charge on any atom is 0.203 e. The van der Waals surface area contributed by atoms with E-state index < -0.39 is 0 Å². The molecule has 1 unspecified atom stereocenters. The molecule has 5 nitrogen and oxygen atoms in total. The molecule has 78 valence electrons. The van der Waals surface area contributed by atoms with Gasteiger partial charge in [-0.15, -0.1) is 10.2 Å². The summed E-state index contributed by atoms with van der Waals surface area (Å²) in [6, 6.07) is 0.453. The molecule has 0 radical (unpaired) electrons. The summed E-state index contributed by atoms with van der Waals surface area (Å²) in [5, 5.41) is 9.33. The molecule has 0 saturated carbocycles. The van der Waals surface area contributed by atoms with Crippen LogP contribution in [0.25, 0.3) is 0 Å². The lowest BCUT2D eigenvalue weighted by Crippen LogP contribution is -2.42. The molecular weight excluding hydrogens is 200 g/mol. The third-order valence-electron chi connectivity index (χ3n) is 2.33. The van der Waals surface area contributed by atoms with Crippen LogP contribution in [0.5, 0.6) is 0 Å². The number of nitrogen functional groups attached to an aromatic ring is 1. The largest absolute Gasteiger partial charge is 0.379 e. The first kappa shape index (κ1) is 9.82. The van der Waals surface area contributed by atoms with Gasteiger partial charge in [-0.3, -0.25) is 4.90 Å². The molecule has 1 aromatic rings. The topological polar surface area (TPSA) is 64.3 Å². The van der Waals surface area contributed by atoms with Gasteiger partial charge in [0.2, 0.25) is 5.13 Å². The summed E-state index contributed by atoms with van der Waals surface area (Å²) in [5.74, 6) is 0. The van der Waals surface area contributed by atoms with Crippen LogP contribution >= 0.6 is 11.3 Å². The summed E-state index contributed by atoms with van der Waals surface area (Å²) in [7, 11) is 0. The van der Waals surface area contributed by atoms with Crippen molar-refractivity contribution in [1.82, 2.24) is 15.1 Å². The molecule has 2 rings (SSSR count). The van der Waals surface area contributed by atoms with Crippen molar-refractivity contribution in [2.75, 3.05) is 25.5 Å². The molecule has 0 aliphatic carbocycles. The van der Waals surface area contributed by atoms with Crippen molar-refractivity contribution in [3.05, 3.63) is 5.01 Å². The summed E-state index contributed by atoms with van der Waals surface area (Å²) in [4.78, 5) is 2.34. The van der Waals surface area contributed by atoms with Crippen LogP contribution in [0.3, 0.4) is 0 Å². The Hall–Kier alpha value is -0.720. The van der Waals surface area contributed by atoms with Gasteiger partial charge in [0, 0.05) is 12.6 Å². The van der Waals surface area contributed by atoms with E-state index in [1.165, 1.54) is 11.3 Å². The summed E-state index contributed by atoms with van der Waals surface area (Å²) < 4.78 is 5.36. The fraction of sp³-hybridized carbons (Fsp3) is 0.750. The van der Waals surface area contributed by atoms with Crippen molar-refractivity contribution in [2.24, 2.45) is 0 Å². The number of nitrogens with two attached hydrogens (primary N) is 1. The van der Waals surface area contributed by atoms with Gasteiger partial charge in [0.05, 0.1) is 19.8 Å². The maximum atomic E-state index is 5.52. The first-order valence-electron chi connectivity index (χ1n) is 4.65.